The highest BCUT2D eigenvalue weighted by Crippen LogP contribution is 2.35. The monoisotopic (exact) mass is 187 g/mol. The van der Waals surface area contributed by atoms with Gasteiger partial charge in [0.1, 0.15) is 0 Å². The number of nitrogens with zero attached hydrogens (tertiary/aromatic N) is 1. The van der Waals surface area contributed by atoms with Crippen molar-refractivity contribution in [3.05, 3.63) is 30.1 Å². The van der Waals surface area contributed by atoms with Crippen LogP contribution in [0.2, 0.25) is 0 Å². The average Bonchev–Trinajstić information content (AvgIpc) is 2.61. The van der Waals surface area contributed by atoms with Gasteiger partial charge in [-0.1, -0.05) is 0 Å². The molecular weight excluding hydrogens is 178 g/mol. The summed E-state index contributed by atoms with van der Waals surface area (Å²) >= 11 is 0. The van der Waals surface area contributed by atoms with Gasteiger partial charge in [0.15, 0.2) is 11.5 Å². The van der Waals surface area contributed by atoms with Crippen molar-refractivity contribution in [1.29, 1.82) is 0 Å². The van der Waals surface area contributed by atoms with Gasteiger partial charge in [0.25, 0.3) is 0 Å². The van der Waals surface area contributed by atoms with E-state index in [0.717, 1.165) is 28.0 Å². The molecule has 0 aliphatic carbocycles. The Labute approximate surface area is 81.3 Å². The first kappa shape index (κ1) is 7.62. The second kappa shape index (κ2) is 2.61. The second-order valence-electron chi connectivity index (χ2n) is 3.38. The van der Waals surface area contributed by atoms with Crippen LogP contribution < -0.4 is 9.47 Å². The van der Waals surface area contributed by atoms with Crippen molar-refractivity contribution in [2.75, 3.05) is 6.79 Å². The fraction of sp³-hybridized carbons (Fsp3) is 0.182. The zero-order valence-electron chi connectivity index (χ0n) is 7.78. The Morgan fingerprint density at radius 2 is 1.79 bits per heavy atom. The zero-order valence-corrected chi connectivity index (χ0v) is 7.78. The molecular formula is C11H9NO2. The molecule has 0 spiro atoms. The number of pyridine rings is 1. The quantitative estimate of drug-likeness (QED) is 0.634. The van der Waals surface area contributed by atoms with E-state index in [4.69, 9.17) is 9.47 Å². The summed E-state index contributed by atoms with van der Waals surface area (Å²) in [4.78, 5) is 4.24. The van der Waals surface area contributed by atoms with Crippen LogP contribution in [0.1, 0.15) is 5.69 Å². The number of rotatable bonds is 0. The fourth-order valence-corrected chi connectivity index (χ4v) is 1.64. The van der Waals surface area contributed by atoms with Crippen molar-refractivity contribution < 1.29 is 9.47 Å². The van der Waals surface area contributed by atoms with E-state index < -0.39 is 0 Å². The molecule has 0 N–H and O–H groups in total. The van der Waals surface area contributed by atoms with Crippen molar-refractivity contribution in [3.63, 3.8) is 0 Å². The van der Waals surface area contributed by atoms with Crippen molar-refractivity contribution >= 4 is 10.8 Å². The highest BCUT2D eigenvalue weighted by molar-refractivity contribution is 5.85. The molecule has 3 heteroatoms. The van der Waals surface area contributed by atoms with Gasteiger partial charge in [0.05, 0.1) is 0 Å². The minimum atomic E-state index is 0.318. The largest absolute Gasteiger partial charge is 0.454 e. The van der Waals surface area contributed by atoms with Crippen molar-refractivity contribution in [2.45, 2.75) is 6.92 Å². The first-order valence-electron chi connectivity index (χ1n) is 4.49. The maximum Gasteiger partial charge on any atom is 0.231 e. The molecule has 70 valence electrons. The second-order valence-corrected chi connectivity index (χ2v) is 3.38. The third-order valence-electron chi connectivity index (χ3n) is 2.35. The SMILES string of the molecule is Cc1cc2cc3c(cc2cn1)OCO3. The van der Waals surface area contributed by atoms with E-state index in [9.17, 15) is 0 Å². The molecule has 0 amide bonds. The summed E-state index contributed by atoms with van der Waals surface area (Å²) in [6, 6.07) is 5.99. The molecule has 1 aliphatic rings. The van der Waals surface area contributed by atoms with Crippen LogP contribution in [0.25, 0.3) is 10.8 Å². The maximum absolute atomic E-state index is 5.30. The zero-order chi connectivity index (χ0) is 9.54. The van der Waals surface area contributed by atoms with Crippen LogP contribution in [-0.2, 0) is 0 Å². The van der Waals surface area contributed by atoms with Crippen molar-refractivity contribution in [3.8, 4) is 11.5 Å². The van der Waals surface area contributed by atoms with Gasteiger partial charge in [0, 0.05) is 17.3 Å². The third kappa shape index (κ3) is 1.02. The lowest BCUT2D eigenvalue weighted by Gasteiger charge is -2.00. The van der Waals surface area contributed by atoms with E-state index in [1.54, 1.807) is 0 Å². The molecule has 2 heterocycles. The Balaban J connectivity index is 2.33. The van der Waals surface area contributed by atoms with Gasteiger partial charge < -0.3 is 9.47 Å². The molecule has 0 radical (unpaired) electrons. The van der Waals surface area contributed by atoms with E-state index in [1.165, 1.54) is 0 Å². The van der Waals surface area contributed by atoms with Crippen LogP contribution in [0.4, 0.5) is 0 Å². The Kier molecular flexibility index (Phi) is 1.42. The lowest BCUT2D eigenvalue weighted by molar-refractivity contribution is 0.174. The number of aromatic nitrogens is 1. The number of aryl methyl sites for hydroxylation is 1. The molecule has 0 saturated heterocycles. The highest BCUT2D eigenvalue weighted by atomic mass is 16.7. The Morgan fingerprint density at radius 1 is 1.07 bits per heavy atom. The van der Waals surface area contributed by atoms with Crippen LogP contribution in [0, 0.1) is 6.92 Å². The normalized spacial score (nSPS) is 13.5. The summed E-state index contributed by atoms with van der Waals surface area (Å²) in [6.45, 7) is 2.29. The van der Waals surface area contributed by atoms with Crippen LogP contribution in [-0.4, -0.2) is 11.8 Å². The predicted molar refractivity (Wildman–Crippen MR) is 52.6 cm³/mol. The lowest BCUT2D eigenvalue weighted by Crippen LogP contribution is -1.92. The van der Waals surface area contributed by atoms with Gasteiger partial charge in [0.2, 0.25) is 6.79 Å². The van der Waals surface area contributed by atoms with Gasteiger partial charge in [-0.3, -0.25) is 4.98 Å². The van der Waals surface area contributed by atoms with Crippen LogP contribution in [0.3, 0.4) is 0 Å². The Hall–Kier alpha value is -1.77. The molecule has 0 atom stereocenters. The molecule has 3 nitrogen and oxygen atoms in total. The summed E-state index contributed by atoms with van der Waals surface area (Å²) in [5.41, 5.74) is 1.01. The Bertz CT molecular complexity index is 508. The summed E-state index contributed by atoms with van der Waals surface area (Å²) in [5.74, 6) is 1.63. The highest BCUT2D eigenvalue weighted by Gasteiger charge is 2.13. The number of benzene rings is 1. The van der Waals surface area contributed by atoms with Crippen LogP contribution in [0.15, 0.2) is 24.4 Å². The smallest absolute Gasteiger partial charge is 0.231 e. The van der Waals surface area contributed by atoms with Gasteiger partial charge in [-0.25, -0.2) is 0 Å². The number of fused-ring (bicyclic) bond motifs is 2. The minimum absolute atomic E-state index is 0.318. The van der Waals surface area contributed by atoms with E-state index in [2.05, 4.69) is 4.98 Å². The van der Waals surface area contributed by atoms with Crippen molar-refractivity contribution in [2.24, 2.45) is 0 Å². The molecule has 0 fully saturated rings. The van der Waals surface area contributed by atoms with Gasteiger partial charge in [-0.15, -0.1) is 0 Å². The summed E-state index contributed by atoms with van der Waals surface area (Å²) < 4.78 is 10.6. The molecule has 1 aliphatic heterocycles. The van der Waals surface area contributed by atoms with Crippen molar-refractivity contribution in [1.82, 2.24) is 4.98 Å². The minimum Gasteiger partial charge on any atom is -0.454 e. The van der Waals surface area contributed by atoms with Crippen LogP contribution >= 0.6 is 0 Å². The van der Waals surface area contributed by atoms with E-state index >= 15 is 0 Å². The fourth-order valence-electron chi connectivity index (χ4n) is 1.64. The predicted octanol–water partition coefficient (Wildman–Crippen LogP) is 2.27. The number of ether oxygens (including phenoxy) is 2. The van der Waals surface area contributed by atoms with Gasteiger partial charge in [-0.2, -0.15) is 0 Å². The molecule has 0 bridgehead atoms. The third-order valence-corrected chi connectivity index (χ3v) is 2.35. The van der Waals surface area contributed by atoms with E-state index in [1.807, 2.05) is 31.3 Å². The summed E-state index contributed by atoms with van der Waals surface area (Å²) in [7, 11) is 0. The first-order valence-corrected chi connectivity index (χ1v) is 4.49. The van der Waals surface area contributed by atoms with E-state index in [-0.39, 0.29) is 0 Å². The maximum atomic E-state index is 5.30. The van der Waals surface area contributed by atoms with Gasteiger partial charge in [-0.05, 0) is 30.5 Å². The molecule has 1 aromatic heterocycles. The summed E-state index contributed by atoms with van der Waals surface area (Å²) in [6.07, 6.45) is 1.85. The standard InChI is InChI=1S/C11H9NO2/c1-7-2-8-3-10-11(14-6-13-10)4-9(8)5-12-7/h2-5H,6H2,1H3. The molecule has 14 heavy (non-hydrogen) atoms. The number of hydrogen-bond acceptors (Lipinski definition) is 3. The molecule has 1 aromatic carbocycles. The summed E-state index contributed by atoms with van der Waals surface area (Å²) in [5, 5.41) is 2.22. The first-order chi connectivity index (χ1) is 6.83. The topological polar surface area (TPSA) is 31.4 Å². The molecule has 2 aromatic rings. The lowest BCUT2D eigenvalue weighted by atomic mass is 10.1. The molecule has 0 unspecified atom stereocenters. The Morgan fingerprint density at radius 3 is 2.57 bits per heavy atom. The molecule has 0 saturated carbocycles. The van der Waals surface area contributed by atoms with E-state index in [0.29, 0.717) is 6.79 Å². The van der Waals surface area contributed by atoms with Crippen LogP contribution in [0.5, 0.6) is 11.5 Å². The number of hydrogen-bond donors (Lipinski definition) is 0. The van der Waals surface area contributed by atoms with Gasteiger partial charge >= 0.3 is 0 Å². The average molecular weight is 187 g/mol. The molecule has 3 rings (SSSR count).